The van der Waals surface area contributed by atoms with Gasteiger partial charge in [0.15, 0.2) is 5.82 Å². The average Bonchev–Trinajstić information content (AvgIpc) is 3.29. The van der Waals surface area contributed by atoms with E-state index in [1.54, 1.807) is 18.7 Å². The fourth-order valence-electron chi connectivity index (χ4n) is 6.90. The number of anilines is 1. The molecule has 4 unspecified atom stereocenters. The molecular weight excluding hydrogens is 628 g/mol. The molecule has 4 aromatic rings. The Kier molecular flexibility index (Phi) is 7.57. The van der Waals surface area contributed by atoms with Crippen molar-refractivity contribution in [3.05, 3.63) is 41.5 Å². The fourth-order valence-corrected chi connectivity index (χ4v) is 6.90. The summed E-state index contributed by atoms with van der Waals surface area (Å²) < 4.78 is 54.0. The Bertz CT molecular complexity index is 2050. The first-order valence-electron chi connectivity index (χ1n) is 15.5. The summed E-state index contributed by atoms with van der Waals surface area (Å²) in [4.78, 5) is 42.6. The number of phenols is 1. The number of benzene rings is 2. The molecule has 3 aliphatic heterocycles. The molecule has 1 amide bonds. The summed E-state index contributed by atoms with van der Waals surface area (Å²) in [5.41, 5.74) is -0.519. The van der Waals surface area contributed by atoms with Crippen LogP contribution in [0, 0.1) is 29.9 Å². The summed E-state index contributed by atoms with van der Waals surface area (Å²) in [6.07, 6.45) is 5.23. The van der Waals surface area contributed by atoms with Gasteiger partial charge in [0.1, 0.15) is 40.6 Å². The molecule has 2 aromatic heterocycles. The van der Waals surface area contributed by atoms with E-state index in [-0.39, 0.29) is 69.3 Å². The van der Waals surface area contributed by atoms with E-state index in [4.69, 9.17) is 25.4 Å². The van der Waals surface area contributed by atoms with Crippen molar-refractivity contribution in [1.82, 2.24) is 19.9 Å². The van der Waals surface area contributed by atoms with Crippen molar-refractivity contribution in [3.8, 4) is 41.2 Å². The van der Waals surface area contributed by atoms with Gasteiger partial charge in [-0.2, -0.15) is 9.97 Å². The third kappa shape index (κ3) is 4.92. The van der Waals surface area contributed by atoms with Crippen LogP contribution in [0.5, 0.6) is 17.6 Å². The molecule has 2 bridgehead atoms. The number of carbonyl (C=O) groups excluding carboxylic acids is 2. The Morgan fingerprint density at radius 3 is 2.60 bits per heavy atom. The number of ether oxygens (including phenoxy) is 4. The zero-order valence-corrected chi connectivity index (χ0v) is 26.5. The third-order valence-corrected chi connectivity index (χ3v) is 9.04. The Balaban J connectivity index is 1.32. The van der Waals surface area contributed by atoms with E-state index in [0.29, 0.717) is 30.6 Å². The van der Waals surface area contributed by atoms with Gasteiger partial charge in [0.2, 0.25) is 12.2 Å². The predicted octanol–water partition coefficient (Wildman–Crippen LogP) is 4.91. The van der Waals surface area contributed by atoms with E-state index in [1.165, 1.54) is 38.3 Å². The number of rotatable bonds is 5. The van der Waals surface area contributed by atoms with E-state index in [1.807, 2.05) is 4.90 Å². The lowest BCUT2D eigenvalue weighted by Crippen LogP contribution is -2.63. The number of piperazine rings is 1. The molecule has 0 aliphatic carbocycles. The standard InChI is InChI=1S/C34H31F2N5O7/c1-6-20-22(35)9-7-17-11-19(42)12-21(25(17)20)28-27(36)29-26-30(39-33(38-29)45-5)40-13-18-8-10-23(24(40)14-46-31(26)37-28)41(18)34(44)48-16(4)47-32(43)15(2)3/h1,7,9,11-12,15-16,18,23-24,42H,8,10,13-14H2,2-5H3. The molecule has 2 fully saturated rings. The van der Waals surface area contributed by atoms with Gasteiger partial charge < -0.3 is 29.0 Å². The molecule has 0 spiro atoms. The van der Waals surface area contributed by atoms with Crippen LogP contribution in [0.2, 0.25) is 0 Å². The van der Waals surface area contributed by atoms with Crippen molar-refractivity contribution in [1.29, 1.82) is 0 Å². The number of phenolic OH excluding ortho intramolecular Hbond substituents is 1. The second kappa shape index (κ2) is 11.7. The molecule has 2 aromatic carbocycles. The molecule has 7 rings (SSSR count). The average molecular weight is 660 g/mol. The molecule has 1 N–H and O–H groups in total. The maximum absolute atomic E-state index is 16.7. The molecule has 0 saturated carbocycles. The highest BCUT2D eigenvalue weighted by molar-refractivity contribution is 6.04. The second-order valence-corrected chi connectivity index (χ2v) is 12.3. The van der Waals surface area contributed by atoms with Gasteiger partial charge in [-0.25, -0.2) is 18.6 Å². The first kappa shape index (κ1) is 31.2. The van der Waals surface area contributed by atoms with Gasteiger partial charge >= 0.3 is 18.1 Å². The van der Waals surface area contributed by atoms with Crippen molar-refractivity contribution < 1.29 is 42.4 Å². The van der Waals surface area contributed by atoms with Crippen LogP contribution in [0.15, 0.2) is 24.3 Å². The van der Waals surface area contributed by atoms with Crippen molar-refractivity contribution in [3.63, 3.8) is 0 Å². The lowest BCUT2D eigenvalue weighted by atomic mass is 9.95. The summed E-state index contributed by atoms with van der Waals surface area (Å²) >= 11 is 0. The summed E-state index contributed by atoms with van der Waals surface area (Å²) in [5.74, 6) is -0.0152. The first-order valence-corrected chi connectivity index (χ1v) is 15.5. The Labute approximate surface area is 273 Å². The molecule has 3 aliphatic rings. The lowest BCUT2D eigenvalue weighted by Gasteiger charge is -2.46. The number of nitrogens with zero attached hydrogens (tertiary/aromatic N) is 5. The smallest absolute Gasteiger partial charge is 0.413 e. The number of amides is 1. The highest BCUT2D eigenvalue weighted by Crippen LogP contribution is 2.46. The van der Waals surface area contributed by atoms with E-state index in [0.717, 1.165) is 0 Å². The summed E-state index contributed by atoms with van der Waals surface area (Å²) in [6, 6.07) is 3.99. The quantitative estimate of drug-likeness (QED) is 0.178. The summed E-state index contributed by atoms with van der Waals surface area (Å²) in [7, 11) is 1.36. The number of terminal acetylenes is 1. The Morgan fingerprint density at radius 1 is 1.08 bits per heavy atom. The maximum Gasteiger partial charge on any atom is 0.413 e. The van der Waals surface area contributed by atoms with Gasteiger partial charge in [-0.05, 0) is 36.4 Å². The molecule has 248 valence electrons. The highest BCUT2D eigenvalue weighted by atomic mass is 19.1. The second-order valence-electron chi connectivity index (χ2n) is 12.3. The minimum atomic E-state index is -1.09. The predicted molar refractivity (Wildman–Crippen MR) is 168 cm³/mol. The van der Waals surface area contributed by atoms with Gasteiger partial charge in [-0.3, -0.25) is 9.69 Å². The minimum absolute atomic E-state index is 0.00262. The number of pyridine rings is 1. The topological polar surface area (TPSA) is 136 Å². The van der Waals surface area contributed by atoms with Gasteiger partial charge in [-0.1, -0.05) is 25.8 Å². The van der Waals surface area contributed by atoms with Crippen LogP contribution in [-0.4, -0.2) is 81.7 Å². The molecule has 48 heavy (non-hydrogen) atoms. The number of halogens is 2. The molecule has 4 atom stereocenters. The number of fused-ring (bicyclic) bond motifs is 6. The van der Waals surface area contributed by atoms with Gasteiger partial charge in [-0.15, -0.1) is 6.42 Å². The molecule has 5 heterocycles. The molecule has 0 radical (unpaired) electrons. The fraction of sp³-hybridized carbons (Fsp3) is 0.382. The highest BCUT2D eigenvalue weighted by Gasteiger charge is 2.51. The van der Waals surface area contributed by atoms with Crippen molar-refractivity contribution in [2.24, 2.45) is 5.92 Å². The van der Waals surface area contributed by atoms with Crippen LogP contribution in [0.25, 0.3) is 32.9 Å². The van der Waals surface area contributed by atoms with Crippen LogP contribution in [0.4, 0.5) is 19.4 Å². The van der Waals surface area contributed by atoms with Crippen molar-refractivity contribution in [2.45, 2.75) is 58.0 Å². The zero-order valence-electron chi connectivity index (χ0n) is 26.5. The number of aromatic hydroxyl groups is 1. The summed E-state index contributed by atoms with van der Waals surface area (Å²) in [6.45, 7) is 5.18. The first-order chi connectivity index (χ1) is 23.0. The number of methoxy groups -OCH3 is 1. The molecular formula is C34H31F2N5O7. The van der Waals surface area contributed by atoms with E-state index < -0.39 is 42.1 Å². The largest absolute Gasteiger partial charge is 0.508 e. The van der Waals surface area contributed by atoms with Crippen LogP contribution in [0.3, 0.4) is 0 Å². The zero-order chi connectivity index (χ0) is 34.0. The number of hydrogen-bond donors (Lipinski definition) is 1. The van der Waals surface area contributed by atoms with E-state index in [9.17, 15) is 19.1 Å². The van der Waals surface area contributed by atoms with Gasteiger partial charge in [0, 0.05) is 24.4 Å². The third-order valence-electron chi connectivity index (χ3n) is 9.04. The van der Waals surface area contributed by atoms with Gasteiger partial charge in [0.05, 0.1) is 36.7 Å². The van der Waals surface area contributed by atoms with Crippen molar-refractivity contribution >= 4 is 39.6 Å². The molecule has 2 saturated heterocycles. The van der Waals surface area contributed by atoms with E-state index >= 15 is 4.39 Å². The SMILES string of the molecule is C#Cc1c(F)ccc2cc(O)cc(-c3nc4c5c(nc(OC)nc5c3F)N3CC5CCC(C3CO4)N5C(=O)OC(C)OC(=O)C(C)C)c12. The Hall–Kier alpha value is -5.45. The van der Waals surface area contributed by atoms with E-state index in [2.05, 4.69) is 20.9 Å². The Morgan fingerprint density at radius 2 is 1.88 bits per heavy atom. The van der Waals surface area contributed by atoms with Gasteiger partial charge in [0.25, 0.3) is 0 Å². The van der Waals surface area contributed by atoms with Crippen LogP contribution in [-0.2, 0) is 14.3 Å². The number of hydrogen-bond acceptors (Lipinski definition) is 11. The van der Waals surface area contributed by atoms with Crippen molar-refractivity contribution in [2.75, 3.05) is 25.2 Å². The van der Waals surface area contributed by atoms with Crippen LogP contribution in [0.1, 0.15) is 39.2 Å². The minimum Gasteiger partial charge on any atom is -0.508 e. The number of esters is 1. The van der Waals surface area contributed by atoms with Crippen LogP contribution >= 0.6 is 0 Å². The number of aromatic nitrogens is 3. The monoisotopic (exact) mass is 659 g/mol. The number of carbonyl (C=O) groups is 2. The normalized spacial score (nSPS) is 20.2. The molecule has 14 heteroatoms. The lowest BCUT2D eigenvalue weighted by molar-refractivity contribution is -0.170. The summed E-state index contributed by atoms with van der Waals surface area (Å²) in [5, 5.41) is 11.3. The maximum atomic E-state index is 16.7. The molecule has 12 nitrogen and oxygen atoms in total. The van der Waals surface area contributed by atoms with Crippen LogP contribution < -0.4 is 14.4 Å².